The molecule has 4 nitrogen and oxygen atoms in total. The molecule has 0 radical (unpaired) electrons. The number of benzene rings is 1. The molecular weight excluding hydrogens is 437 g/mol. The molecule has 0 N–H and O–H groups in total. The van der Waals surface area contributed by atoms with Crippen molar-refractivity contribution in [1.29, 1.82) is 0 Å². The van der Waals surface area contributed by atoms with Crippen LogP contribution in [0.5, 0.6) is 0 Å². The molecule has 1 aliphatic rings. The summed E-state index contributed by atoms with van der Waals surface area (Å²) in [4.78, 5) is 25.1. The summed E-state index contributed by atoms with van der Waals surface area (Å²) in [5, 5.41) is 1.11. The second-order valence-corrected chi connectivity index (χ2v) is 6.99. The molecule has 1 aromatic rings. The number of carbonyl (C=O) groups is 2. The average Bonchev–Trinajstić information content (AvgIpc) is 2.58. The van der Waals surface area contributed by atoms with Gasteiger partial charge in [-0.2, -0.15) is 0 Å². The number of hydrogen-bond donors (Lipinski definition) is 0. The van der Waals surface area contributed by atoms with Gasteiger partial charge in [0, 0.05) is 15.4 Å². The van der Waals surface area contributed by atoms with Crippen LogP contribution in [0, 0.1) is 0 Å². The molecule has 1 fully saturated rings. The topological polar surface area (TPSA) is 46.6 Å². The Morgan fingerprint density at radius 3 is 2.35 bits per heavy atom. The largest absolute Gasteiger partial charge is 0.431 e. The lowest BCUT2D eigenvalue weighted by atomic mass is 10.0. The molecule has 0 spiro atoms. The van der Waals surface area contributed by atoms with Crippen molar-refractivity contribution >= 4 is 72.7 Å². The highest BCUT2D eigenvalue weighted by molar-refractivity contribution is 9.12. The molecule has 0 aliphatic carbocycles. The normalized spacial score (nSPS) is 23.9. The SMILES string of the molecule is CC1(C(Br)CBr)OC(=O)N(c2cc(Cl)cc(Cl)c2)C1=O. The maximum Gasteiger partial charge on any atom is 0.422 e. The Balaban J connectivity index is 2.43. The van der Waals surface area contributed by atoms with Crippen molar-refractivity contribution in [3.05, 3.63) is 28.2 Å². The van der Waals surface area contributed by atoms with Gasteiger partial charge in [0.05, 0.1) is 10.5 Å². The summed E-state index contributed by atoms with van der Waals surface area (Å²) in [5.74, 6) is -0.470. The van der Waals surface area contributed by atoms with Gasteiger partial charge >= 0.3 is 6.09 Å². The fourth-order valence-corrected chi connectivity index (χ4v) is 3.23. The van der Waals surface area contributed by atoms with Crippen LogP contribution in [0.2, 0.25) is 10.0 Å². The van der Waals surface area contributed by atoms with Gasteiger partial charge in [-0.05, 0) is 25.1 Å². The number of amides is 2. The van der Waals surface area contributed by atoms with Gasteiger partial charge in [-0.1, -0.05) is 55.1 Å². The summed E-state index contributed by atoms with van der Waals surface area (Å²) in [6.07, 6.45) is -0.749. The van der Waals surface area contributed by atoms with Gasteiger partial charge in [0.25, 0.3) is 5.91 Å². The van der Waals surface area contributed by atoms with Crippen LogP contribution in [-0.2, 0) is 9.53 Å². The lowest BCUT2D eigenvalue weighted by Crippen LogP contribution is -2.46. The van der Waals surface area contributed by atoms with Crippen molar-refractivity contribution in [3.8, 4) is 0 Å². The number of hydrogen-bond acceptors (Lipinski definition) is 3. The number of imide groups is 1. The first-order valence-electron chi connectivity index (χ1n) is 5.53. The highest BCUT2D eigenvalue weighted by atomic mass is 79.9. The monoisotopic (exact) mass is 443 g/mol. The summed E-state index contributed by atoms with van der Waals surface area (Å²) in [6, 6.07) is 4.48. The second-order valence-electron chi connectivity index (χ2n) is 4.37. The third-order valence-electron chi connectivity index (χ3n) is 2.95. The van der Waals surface area contributed by atoms with Gasteiger partial charge < -0.3 is 4.74 Å². The number of nitrogens with zero attached hydrogens (tertiary/aromatic N) is 1. The average molecular weight is 446 g/mol. The minimum atomic E-state index is -1.28. The molecule has 1 aromatic carbocycles. The second kappa shape index (κ2) is 5.83. The van der Waals surface area contributed by atoms with Gasteiger partial charge in [-0.25, -0.2) is 9.69 Å². The first kappa shape index (κ1) is 16.1. The smallest absolute Gasteiger partial charge is 0.422 e. The van der Waals surface area contributed by atoms with E-state index in [-0.39, 0.29) is 10.5 Å². The van der Waals surface area contributed by atoms with Crippen molar-refractivity contribution in [2.24, 2.45) is 0 Å². The van der Waals surface area contributed by atoms with Crippen LogP contribution in [-0.4, -0.2) is 27.8 Å². The van der Waals surface area contributed by atoms with E-state index in [0.29, 0.717) is 15.4 Å². The van der Waals surface area contributed by atoms with Crippen LogP contribution in [0.3, 0.4) is 0 Å². The molecule has 1 aliphatic heterocycles. The maximum atomic E-state index is 12.5. The molecule has 0 bridgehead atoms. The summed E-state index contributed by atoms with van der Waals surface area (Å²) in [6.45, 7) is 1.56. The van der Waals surface area contributed by atoms with E-state index in [1.165, 1.54) is 18.2 Å². The van der Waals surface area contributed by atoms with E-state index in [4.69, 9.17) is 27.9 Å². The number of carbonyl (C=O) groups excluding carboxylic acids is 2. The molecule has 0 aromatic heterocycles. The minimum Gasteiger partial charge on any atom is -0.431 e. The lowest BCUT2D eigenvalue weighted by molar-refractivity contribution is -0.128. The zero-order valence-corrected chi connectivity index (χ0v) is 14.9. The van der Waals surface area contributed by atoms with E-state index < -0.39 is 17.6 Å². The van der Waals surface area contributed by atoms with E-state index in [1.54, 1.807) is 6.92 Å². The predicted octanol–water partition coefficient (Wildman–Crippen LogP) is 4.39. The zero-order chi connectivity index (χ0) is 15.1. The fraction of sp³-hybridized carbons (Fsp3) is 0.333. The Labute approximate surface area is 142 Å². The Kier molecular flexibility index (Phi) is 4.69. The third-order valence-corrected chi connectivity index (χ3v) is 6.10. The molecule has 1 saturated heterocycles. The Bertz CT molecular complexity index is 564. The van der Waals surface area contributed by atoms with Crippen molar-refractivity contribution in [1.82, 2.24) is 0 Å². The number of alkyl halides is 2. The number of cyclic esters (lactones) is 1. The summed E-state index contributed by atoms with van der Waals surface area (Å²) >= 11 is 18.4. The molecule has 0 saturated carbocycles. The lowest BCUT2D eigenvalue weighted by Gasteiger charge is -2.24. The van der Waals surface area contributed by atoms with Gasteiger partial charge in [-0.15, -0.1) is 0 Å². The van der Waals surface area contributed by atoms with Crippen LogP contribution in [0.15, 0.2) is 18.2 Å². The molecule has 2 unspecified atom stereocenters. The fourth-order valence-electron chi connectivity index (χ4n) is 1.81. The standard InChI is InChI=1S/C12H9Br2Cl2NO3/c1-12(9(14)5-13)10(18)17(11(19)20-12)8-3-6(15)2-7(16)4-8/h2-4,9H,5H2,1H3. The number of ether oxygens (including phenoxy) is 1. The first-order chi connectivity index (χ1) is 9.29. The van der Waals surface area contributed by atoms with Crippen LogP contribution in [0.4, 0.5) is 10.5 Å². The van der Waals surface area contributed by atoms with Gasteiger partial charge in [-0.3, -0.25) is 4.79 Å². The number of rotatable bonds is 3. The minimum absolute atomic E-state index is 0.287. The zero-order valence-electron chi connectivity index (χ0n) is 10.2. The first-order valence-corrected chi connectivity index (χ1v) is 8.32. The van der Waals surface area contributed by atoms with Gasteiger partial charge in [0.1, 0.15) is 0 Å². The highest BCUT2D eigenvalue weighted by Gasteiger charge is 2.55. The van der Waals surface area contributed by atoms with Crippen molar-refractivity contribution in [3.63, 3.8) is 0 Å². The van der Waals surface area contributed by atoms with Crippen molar-refractivity contribution in [2.75, 3.05) is 10.2 Å². The van der Waals surface area contributed by atoms with E-state index in [2.05, 4.69) is 31.9 Å². The van der Waals surface area contributed by atoms with Crippen LogP contribution < -0.4 is 4.90 Å². The Morgan fingerprint density at radius 1 is 1.30 bits per heavy atom. The Morgan fingerprint density at radius 2 is 1.85 bits per heavy atom. The highest BCUT2D eigenvalue weighted by Crippen LogP contribution is 2.37. The number of halogens is 4. The molecule has 2 amide bonds. The van der Waals surface area contributed by atoms with Gasteiger partial charge in [0.2, 0.25) is 5.60 Å². The van der Waals surface area contributed by atoms with Gasteiger partial charge in [0.15, 0.2) is 0 Å². The Hall–Kier alpha value is -0.300. The third kappa shape index (κ3) is 2.71. The molecule has 8 heteroatoms. The quantitative estimate of drug-likeness (QED) is 0.648. The van der Waals surface area contributed by atoms with Crippen LogP contribution in [0.1, 0.15) is 6.92 Å². The molecule has 1 heterocycles. The molecule has 2 rings (SSSR count). The molecule has 2 atom stereocenters. The maximum absolute atomic E-state index is 12.5. The summed E-state index contributed by atoms with van der Waals surface area (Å²) in [7, 11) is 0. The van der Waals surface area contributed by atoms with E-state index in [9.17, 15) is 9.59 Å². The molecule has 20 heavy (non-hydrogen) atoms. The van der Waals surface area contributed by atoms with E-state index in [1.807, 2.05) is 0 Å². The molecule has 108 valence electrons. The van der Waals surface area contributed by atoms with E-state index in [0.717, 1.165) is 4.90 Å². The summed E-state index contributed by atoms with van der Waals surface area (Å²) in [5.41, 5.74) is -0.995. The summed E-state index contributed by atoms with van der Waals surface area (Å²) < 4.78 is 5.23. The predicted molar refractivity (Wildman–Crippen MR) is 85.3 cm³/mol. The van der Waals surface area contributed by atoms with E-state index >= 15 is 0 Å². The van der Waals surface area contributed by atoms with Crippen molar-refractivity contribution in [2.45, 2.75) is 17.4 Å². The van der Waals surface area contributed by atoms with Crippen LogP contribution in [0.25, 0.3) is 0 Å². The van der Waals surface area contributed by atoms with Crippen LogP contribution >= 0.6 is 55.1 Å². The molecular formula is C12H9Br2Cl2NO3. The number of anilines is 1. The van der Waals surface area contributed by atoms with Crippen molar-refractivity contribution < 1.29 is 14.3 Å².